The molecule has 33 heavy (non-hydrogen) atoms. The van der Waals surface area contributed by atoms with Crippen LogP contribution in [0.1, 0.15) is 27.9 Å². The van der Waals surface area contributed by atoms with Crippen molar-refractivity contribution in [3.05, 3.63) is 75.3 Å². The highest BCUT2D eigenvalue weighted by Gasteiger charge is 2.33. The summed E-state index contributed by atoms with van der Waals surface area (Å²) in [6.07, 6.45) is 0. The second-order valence-electron chi connectivity index (χ2n) is 7.57. The first-order valence-corrected chi connectivity index (χ1v) is 11.7. The summed E-state index contributed by atoms with van der Waals surface area (Å²) in [4.78, 5) is 31.4. The fourth-order valence-corrected chi connectivity index (χ4v) is 5.64. The molecule has 0 bridgehead atoms. The highest BCUT2D eigenvalue weighted by Crippen LogP contribution is 2.39. The van der Waals surface area contributed by atoms with Crippen LogP contribution < -0.4 is 5.01 Å². The molecule has 0 unspecified atom stereocenters. The number of para-hydroxylation sites is 2. The minimum Gasteiger partial charge on any atom is -0.292 e. The summed E-state index contributed by atoms with van der Waals surface area (Å²) in [5.74, 6) is -0.636. The lowest BCUT2D eigenvalue weighted by molar-refractivity contribution is -0.110. The number of aryl methyl sites for hydroxylation is 2. The number of nitriles is 1. The highest BCUT2D eigenvalue weighted by atomic mass is 32.2. The van der Waals surface area contributed by atoms with Crippen LogP contribution in [-0.4, -0.2) is 26.0 Å². The average molecular weight is 472 g/mol. The standard InChI is InChI=1S/C24H17N5O2S2/c1-13-8-10-16(11-9-13)29-23(33-22(27-29)15(3)30)17(12-25)20(31)21-14(2)28-19-7-5-4-6-18(19)26-24(28)32-21/h4-11H,1-3H3. The zero-order valence-corrected chi connectivity index (χ0v) is 19.6. The van der Waals surface area contributed by atoms with Gasteiger partial charge in [0.25, 0.3) is 0 Å². The van der Waals surface area contributed by atoms with Crippen LogP contribution >= 0.6 is 23.1 Å². The third kappa shape index (κ3) is 3.44. The Bertz CT molecular complexity index is 1570. The van der Waals surface area contributed by atoms with E-state index in [0.717, 1.165) is 34.1 Å². The quantitative estimate of drug-likeness (QED) is 0.230. The number of hydrazone groups is 1. The smallest absolute Gasteiger partial charge is 0.218 e. The predicted molar refractivity (Wildman–Crippen MR) is 132 cm³/mol. The van der Waals surface area contributed by atoms with E-state index < -0.39 is 5.78 Å². The number of benzene rings is 2. The molecule has 0 spiro atoms. The number of allylic oxidation sites excluding steroid dienone is 1. The van der Waals surface area contributed by atoms with E-state index in [0.29, 0.717) is 20.6 Å². The number of Topliss-reactive ketones (excluding diaryl/α,β-unsaturated/α-hetero) is 2. The van der Waals surface area contributed by atoms with E-state index in [4.69, 9.17) is 0 Å². The van der Waals surface area contributed by atoms with E-state index in [9.17, 15) is 14.9 Å². The van der Waals surface area contributed by atoms with Crippen LogP contribution in [0.3, 0.4) is 0 Å². The maximum atomic E-state index is 13.6. The summed E-state index contributed by atoms with van der Waals surface area (Å²) in [6.45, 7) is 5.23. The Balaban J connectivity index is 1.65. The van der Waals surface area contributed by atoms with E-state index >= 15 is 0 Å². The molecular formula is C24H17N5O2S2. The van der Waals surface area contributed by atoms with Crippen molar-refractivity contribution in [3.63, 3.8) is 0 Å². The van der Waals surface area contributed by atoms with Crippen molar-refractivity contribution < 1.29 is 9.59 Å². The number of anilines is 1. The monoisotopic (exact) mass is 471 g/mol. The largest absolute Gasteiger partial charge is 0.292 e. The van der Waals surface area contributed by atoms with Crippen LogP contribution in [-0.2, 0) is 4.79 Å². The molecule has 1 aliphatic heterocycles. The van der Waals surface area contributed by atoms with Gasteiger partial charge >= 0.3 is 0 Å². The number of carbonyl (C=O) groups is 2. The van der Waals surface area contributed by atoms with Crippen LogP contribution in [0.25, 0.3) is 16.0 Å². The van der Waals surface area contributed by atoms with Gasteiger partial charge in [-0.15, -0.1) is 0 Å². The number of rotatable bonds is 4. The molecule has 7 nitrogen and oxygen atoms in total. The lowest BCUT2D eigenvalue weighted by Crippen LogP contribution is -2.15. The molecule has 0 saturated carbocycles. The molecule has 0 aliphatic carbocycles. The predicted octanol–water partition coefficient (Wildman–Crippen LogP) is 5.24. The van der Waals surface area contributed by atoms with Gasteiger partial charge in [0.05, 0.1) is 21.6 Å². The molecular weight excluding hydrogens is 454 g/mol. The Hall–Kier alpha value is -3.74. The first-order chi connectivity index (χ1) is 15.9. The van der Waals surface area contributed by atoms with E-state index in [1.807, 2.05) is 66.8 Å². The Morgan fingerprint density at radius 2 is 1.79 bits per heavy atom. The van der Waals surface area contributed by atoms with Gasteiger partial charge in [-0.3, -0.25) is 14.0 Å². The van der Waals surface area contributed by atoms with Gasteiger partial charge in [0, 0.05) is 12.6 Å². The number of fused-ring (bicyclic) bond motifs is 3. The summed E-state index contributed by atoms with van der Waals surface area (Å²) >= 11 is 2.30. The van der Waals surface area contributed by atoms with Crippen molar-refractivity contribution in [1.29, 1.82) is 5.26 Å². The van der Waals surface area contributed by atoms with Gasteiger partial charge in [-0.1, -0.05) is 41.2 Å². The summed E-state index contributed by atoms with van der Waals surface area (Å²) in [5, 5.41) is 16.5. The van der Waals surface area contributed by atoms with Crippen molar-refractivity contribution >= 4 is 61.4 Å². The van der Waals surface area contributed by atoms with Crippen molar-refractivity contribution in [3.8, 4) is 6.07 Å². The zero-order valence-electron chi connectivity index (χ0n) is 18.0. The normalized spacial score (nSPS) is 15.1. The molecule has 0 fully saturated rings. The molecule has 0 radical (unpaired) electrons. The van der Waals surface area contributed by atoms with Crippen LogP contribution in [0.4, 0.5) is 5.69 Å². The van der Waals surface area contributed by atoms with Crippen molar-refractivity contribution in [2.24, 2.45) is 5.10 Å². The fourth-order valence-electron chi connectivity index (χ4n) is 3.63. The van der Waals surface area contributed by atoms with Crippen LogP contribution in [0.2, 0.25) is 0 Å². The Morgan fingerprint density at radius 3 is 2.48 bits per heavy atom. The topological polar surface area (TPSA) is 90.8 Å². The maximum Gasteiger partial charge on any atom is 0.218 e. The molecule has 9 heteroatoms. The summed E-state index contributed by atoms with van der Waals surface area (Å²) in [7, 11) is 0. The summed E-state index contributed by atoms with van der Waals surface area (Å²) in [5.41, 5.74) is 4.15. The van der Waals surface area contributed by atoms with Crippen LogP contribution in [0.5, 0.6) is 0 Å². The minimum absolute atomic E-state index is 0.0579. The SMILES string of the molecule is CC(=O)C1=NN(c2ccc(C)cc2)C(=C(C#N)C(=O)c2sc3nc4ccccc4n3c2C)S1. The van der Waals surface area contributed by atoms with E-state index in [-0.39, 0.29) is 16.4 Å². The van der Waals surface area contributed by atoms with Gasteiger partial charge in [-0.2, -0.15) is 10.4 Å². The van der Waals surface area contributed by atoms with E-state index in [2.05, 4.69) is 16.2 Å². The maximum absolute atomic E-state index is 13.6. The number of imidazole rings is 1. The number of aromatic nitrogens is 2. The number of nitrogens with zero attached hydrogens (tertiary/aromatic N) is 5. The molecule has 2 aromatic carbocycles. The molecule has 0 atom stereocenters. The van der Waals surface area contributed by atoms with Crippen molar-refractivity contribution in [2.45, 2.75) is 20.8 Å². The summed E-state index contributed by atoms with van der Waals surface area (Å²) < 4.78 is 1.93. The zero-order chi connectivity index (χ0) is 23.3. The molecule has 0 saturated heterocycles. The lowest BCUT2D eigenvalue weighted by Gasteiger charge is -2.16. The van der Waals surface area contributed by atoms with Gasteiger partial charge in [0.15, 0.2) is 15.8 Å². The second kappa shape index (κ2) is 7.99. The fraction of sp³-hybridized carbons (Fsp3) is 0.125. The Kier molecular flexibility index (Phi) is 5.12. The Morgan fingerprint density at radius 1 is 1.06 bits per heavy atom. The van der Waals surface area contributed by atoms with Crippen LogP contribution in [0, 0.1) is 25.2 Å². The van der Waals surface area contributed by atoms with E-state index in [1.165, 1.54) is 23.3 Å². The average Bonchev–Trinajstić information content (AvgIpc) is 3.48. The molecule has 162 valence electrons. The third-order valence-electron chi connectivity index (χ3n) is 5.30. The highest BCUT2D eigenvalue weighted by molar-refractivity contribution is 8.19. The van der Waals surface area contributed by atoms with Gasteiger partial charge in [-0.25, -0.2) is 9.99 Å². The molecule has 4 aromatic rings. The van der Waals surface area contributed by atoms with E-state index in [1.54, 1.807) is 0 Å². The van der Waals surface area contributed by atoms with Crippen LogP contribution in [0.15, 0.2) is 64.2 Å². The van der Waals surface area contributed by atoms with Gasteiger partial charge in [0.1, 0.15) is 16.7 Å². The number of ketones is 2. The van der Waals surface area contributed by atoms with Gasteiger partial charge in [-0.05, 0) is 49.9 Å². The second-order valence-corrected chi connectivity index (χ2v) is 9.52. The first-order valence-electron chi connectivity index (χ1n) is 10.1. The molecule has 0 amide bonds. The molecule has 0 N–H and O–H groups in total. The minimum atomic E-state index is -0.408. The first kappa shape index (κ1) is 21.1. The number of hydrogen-bond donors (Lipinski definition) is 0. The number of thioether (sulfide) groups is 1. The van der Waals surface area contributed by atoms with Gasteiger partial charge in [0.2, 0.25) is 5.78 Å². The number of thiazole rings is 1. The summed E-state index contributed by atoms with van der Waals surface area (Å²) in [6, 6.07) is 17.3. The molecule has 3 heterocycles. The van der Waals surface area contributed by atoms with Crippen molar-refractivity contribution in [2.75, 3.05) is 5.01 Å². The lowest BCUT2D eigenvalue weighted by atomic mass is 10.1. The number of carbonyl (C=O) groups excluding carboxylic acids is 2. The van der Waals surface area contributed by atoms with Gasteiger partial charge < -0.3 is 0 Å². The van der Waals surface area contributed by atoms with Crippen molar-refractivity contribution in [1.82, 2.24) is 9.38 Å². The third-order valence-corrected chi connectivity index (χ3v) is 7.58. The molecule has 2 aromatic heterocycles. The molecule has 5 rings (SSSR count). The molecule has 1 aliphatic rings. The Labute approximate surface area is 197 Å². The number of hydrogen-bond acceptors (Lipinski definition) is 8.